The van der Waals surface area contributed by atoms with E-state index in [0.717, 1.165) is 24.9 Å². The van der Waals surface area contributed by atoms with Crippen molar-refractivity contribution in [3.8, 4) is 0 Å². The Morgan fingerprint density at radius 3 is 2.63 bits per heavy atom. The van der Waals surface area contributed by atoms with Gasteiger partial charge in [-0.2, -0.15) is 0 Å². The molecule has 0 aromatic heterocycles. The molecule has 3 amide bonds. The van der Waals surface area contributed by atoms with Crippen LogP contribution in [-0.2, 0) is 14.4 Å². The number of hydrogen-bond acceptors (Lipinski definition) is 7. The Bertz CT molecular complexity index is 921. The fourth-order valence-corrected chi connectivity index (χ4v) is 5.84. The van der Waals surface area contributed by atoms with Crippen molar-refractivity contribution in [1.82, 2.24) is 9.80 Å². The minimum Gasteiger partial charge on any atom is -0.394 e. The van der Waals surface area contributed by atoms with Gasteiger partial charge in [0.25, 0.3) is 0 Å². The highest BCUT2D eigenvalue weighted by Gasteiger charge is 2.45. The van der Waals surface area contributed by atoms with E-state index in [1.807, 2.05) is 52.0 Å². The fourth-order valence-electron chi connectivity index (χ4n) is 4.39. The first kappa shape index (κ1) is 27.3. The number of nitrogens with zero attached hydrogens (tertiary/aromatic N) is 2. The highest BCUT2D eigenvalue weighted by atomic mass is 32.2. The number of nitrogens with one attached hydrogen (secondary N) is 2. The number of benzene rings is 1. The van der Waals surface area contributed by atoms with Crippen LogP contribution in [0.2, 0.25) is 0 Å². The zero-order valence-electron chi connectivity index (χ0n) is 21.1. The summed E-state index contributed by atoms with van der Waals surface area (Å²) in [5.74, 6) is -0.329. The van der Waals surface area contributed by atoms with Gasteiger partial charge in [0, 0.05) is 36.4 Å². The van der Waals surface area contributed by atoms with Gasteiger partial charge in [-0.05, 0) is 44.4 Å². The third-order valence-electron chi connectivity index (χ3n) is 6.52. The van der Waals surface area contributed by atoms with E-state index >= 15 is 0 Å². The van der Waals surface area contributed by atoms with E-state index in [0.29, 0.717) is 25.3 Å². The van der Waals surface area contributed by atoms with Crippen LogP contribution in [0.1, 0.15) is 47.0 Å². The summed E-state index contributed by atoms with van der Waals surface area (Å²) in [6.07, 6.45) is 2.65. The molecule has 0 bridgehead atoms. The van der Waals surface area contributed by atoms with Crippen molar-refractivity contribution >= 4 is 40.9 Å². The fraction of sp³-hybridized carbons (Fsp3) is 0.640. The van der Waals surface area contributed by atoms with Crippen LogP contribution in [0.4, 0.5) is 11.4 Å². The molecule has 10 heteroatoms. The van der Waals surface area contributed by atoms with Gasteiger partial charge in [-0.25, -0.2) is 0 Å². The average molecular weight is 506 g/mol. The van der Waals surface area contributed by atoms with Crippen LogP contribution in [0, 0.1) is 5.41 Å². The van der Waals surface area contributed by atoms with Crippen LogP contribution in [0.25, 0.3) is 0 Å². The monoisotopic (exact) mass is 505 g/mol. The largest absolute Gasteiger partial charge is 0.394 e. The summed E-state index contributed by atoms with van der Waals surface area (Å²) in [6, 6.07) is 6.33. The number of likely N-dealkylation sites (N-methyl/N-ethyl adjacent to an activating group) is 1. The number of rotatable bonds is 8. The molecule has 2 saturated heterocycles. The number of anilines is 2. The van der Waals surface area contributed by atoms with Gasteiger partial charge in [0.05, 0.1) is 12.6 Å². The van der Waals surface area contributed by atoms with Gasteiger partial charge in [-0.15, -0.1) is 11.8 Å². The molecule has 0 saturated carbocycles. The third-order valence-corrected chi connectivity index (χ3v) is 8.04. The number of piperidine rings is 1. The molecule has 2 unspecified atom stereocenters. The molecule has 9 nitrogen and oxygen atoms in total. The molecule has 1 aromatic carbocycles. The van der Waals surface area contributed by atoms with Gasteiger partial charge in [0.2, 0.25) is 17.7 Å². The molecule has 2 heterocycles. The Hall–Kier alpha value is -2.30. The first-order valence-electron chi connectivity index (χ1n) is 12.3. The molecule has 194 valence electrons. The summed E-state index contributed by atoms with van der Waals surface area (Å²) in [7, 11) is 0. The van der Waals surface area contributed by atoms with E-state index in [-0.39, 0.29) is 35.6 Å². The quantitative estimate of drug-likeness (QED) is 0.426. The molecule has 0 spiro atoms. The predicted octanol–water partition coefficient (Wildman–Crippen LogP) is 2.07. The number of carbonyl (C=O) groups is 3. The minimum absolute atomic E-state index is 0.0483. The van der Waals surface area contributed by atoms with Crippen molar-refractivity contribution in [3.05, 3.63) is 24.3 Å². The summed E-state index contributed by atoms with van der Waals surface area (Å²) in [4.78, 5) is 42.0. The molecular formula is C25H39N5O4S. The molecule has 35 heavy (non-hydrogen) atoms. The van der Waals surface area contributed by atoms with Crippen molar-refractivity contribution in [2.75, 3.05) is 36.9 Å². The highest BCUT2D eigenvalue weighted by molar-refractivity contribution is 8.01. The molecule has 2 aliphatic heterocycles. The number of nitrogens with two attached hydrogens (primary N) is 1. The van der Waals surface area contributed by atoms with E-state index in [9.17, 15) is 19.5 Å². The molecule has 2 aliphatic rings. The first-order valence-corrected chi connectivity index (χ1v) is 13.3. The molecule has 4 atom stereocenters. The maximum atomic E-state index is 13.2. The number of likely N-dealkylation sites (tertiary alicyclic amines) is 1. The Kier molecular flexibility index (Phi) is 9.06. The van der Waals surface area contributed by atoms with E-state index in [1.54, 1.807) is 9.80 Å². The third kappa shape index (κ3) is 6.48. The van der Waals surface area contributed by atoms with Crippen molar-refractivity contribution in [3.63, 3.8) is 0 Å². The lowest BCUT2D eigenvalue weighted by Crippen LogP contribution is -2.57. The summed E-state index contributed by atoms with van der Waals surface area (Å²) < 4.78 is 0. The SMILES string of the molecule is CCN1C(=O)[C@@H](CNc2cccc(NC(=O)C(C)(C)C)c2)SC1[C@H](N)C(=O)N1CCCCC1CO. The number of carbonyl (C=O) groups excluding carboxylic acids is 3. The number of hydrogen-bond donors (Lipinski definition) is 4. The summed E-state index contributed by atoms with van der Waals surface area (Å²) in [6.45, 7) is 8.80. The van der Waals surface area contributed by atoms with E-state index in [2.05, 4.69) is 10.6 Å². The second-order valence-electron chi connectivity index (χ2n) is 10.2. The van der Waals surface area contributed by atoms with Gasteiger partial charge in [-0.1, -0.05) is 26.8 Å². The zero-order valence-corrected chi connectivity index (χ0v) is 21.9. The summed E-state index contributed by atoms with van der Waals surface area (Å²) in [5.41, 5.74) is 7.39. The van der Waals surface area contributed by atoms with Crippen LogP contribution < -0.4 is 16.4 Å². The van der Waals surface area contributed by atoms with Gasteiger partial charge >= 0.3 is 0 Å². The maximum Gasteiger partial charge on any atom is 0.242 e. The van der Waals surface area contributed by atoms with Gasteiger partial charge < -0.3 is 31.3 Å². The normalized spacial score (nSPS) is 23.8. The van der Waals surface area contributed by atoms with Crippen molar-refractivity contribution in [2.24, 2.45) is 11.1 Å². The lowest BCUT2D eigenvalue weighted by molar-refractivity contribution is -0.139. The Morgan fingerprint density at radius 2 is 1.97 bits per heavy atom. The van der Waals surface area contributed by atoms with Gasteiger partial charge in [0.15, 0.2) is 0 Å². The van der Waals surface area contributed by atoms with Crippen LogP contribution in [0.3, 0.4) is 0 Å². The van der Waals surface area contributed by atoms with Gasteiger partial charge in [-0.3, -0.25) is 14.4 Å². The molecule has 0 radical (unpaired) electrons. The lowest BCUT2D eigenvalue weighted by Gasteiger charge is -2.38. The van der Waals surface area contributed by atoms with Crippen molar-refractivity contribution < 1.29 is 19.5 Å². The number of aliphatic hydroxyl groups is 1. The second-order valence-corrected chi connectivity index (χ2v) is 11.5. The van der Waals surface area contributed by atoms with Crippen molar-refractivity contribution in [2.45, 2.75) is 69.7 Å². The van der Waals surface area contributed by atoms with Crippen molar-refractivity contribution in [1.29, 1.82) is 0 Å². The Labute approximate surface area is 212 Å². The van der Waals surface area contributed by atoms with Gasteiger partial charge in [0.1, 0.15) is 16.7 Å². The molecule has 1 aromatic rings. The minimum atomic E-state index is -0.850. The van der Waals surface area contributed by atoms with E-state index < -0.39 is 16.8 Å². The molecule has 2 fully saturated rings. The number of thioether (sulfide) groups is 1. The summed E-state index contributed by atoms with van der Waals surface area (Å²) in [5, 5.41) is 15.1. The number of amides is 3. The smallest absolute Gasteiger partial charge is 0.242 e. The zero-order chi connectivity index (χ0) is 25.8. The van der Waals surface area contributed by atoms with Crippen LogP contribution in [-0.4, -0.2) is 81.6 Å². The summed E-state index contributed by atoms with van der Waals surface area (Å²) >= 11 is 1.41. The second kappa shape index (κ2) is 11.6. The van der Waals surface area contributed by atoms with Crippen LogP contribution in [0.15, 0.2) is 24.3 Å². The molecule has 5 N–H and O–H groups in total. The first-order chi connectivity index (χ1) is 16.6. The molecule has 3 rings (SSSR count). The van der Waals surface area contributed by atoms with Crippen LogP contribution >= 0.6 is 11.8 Å². The van der Waals surface area contributed by atoms with Crippen LogP contribution in [0.5, 0.6) is 0 Å². The molecular weight excluding hydrogens is 466 g/mol. The van der Waals surface area contributed by atoms with E-state index in [1.165, 1.54) is 11.8 Å². The highest BCUT2D eigenvalue weighted by Crippen LogP contribution is 2.34. The standard InChI is InChI=1S/C25H39N5O4S/c1-5-29-21(32)19(14-27-16-9-8-10-17(13-16)28-24(34)25(2,3)4)35-23(29)20(26)22(33)30-12-7-6-11-18(30)15-31/h8-10,13,18-20,23,27,31H,5-7,11-12,14-15,26H2,1-4H3,(H,28,34)/t18?,19-,20-,23?/m1/s1. The molecule has 0 aliphatic carbocycles. The number of aliphatic hydroxyl groups excluding tert-OH is 1. The lowest BCUT2D eigenvalue weighted by atomic mass is 9.95. The Balaban J connectivity index is 1.64. The predicted molar refractivity (Wildman–Crippen MR) is 140 cm³/mol. The van der Waals surface area contributed by atoms with E-state index in [4.69, 9.17) is 5.73 Å². The Morgan fingerprint density at radius 1 is 1.26 bits per heavy atom. The maximum absolute atomic E-state index is 13.2. The topological polar surface area (TPSA) is 128 Å². The average Bonchev–Trinajstić information content (AvgIpc) is 3.16.